The van der Waals surface area contributed by atoms with E-state index in [9.17, 15) is 9.18 Å². The molecule has 0 unspecified atom stereocenters. The molecule has 1 aromatic heterocycles. The second-order valence-corrected chi connectivity index (χ2v) is 7.02. The Kier molecular flexibility index (Phi) is 4.49. The minimum atomic E-state index is -0.381. The van der Waals surface area contributed by atoms with Gasteiger partial charge in [-0.3, -0.25) is 14.7 Å². The lowest BCUT2D eigenvalue weighted by atomic mass is 9.76. The highest BCUT2D eigenvalue weighted by atomic mass is 19.1. The van der Waals surface area contributed by atoms with Gasteiger partial charge in [0.1, 0.15) is 5.82 Å². The highest BCUT2D eigenvalue weighted by Crippen LogP contribution is 2.34. The number of rotatable bonds is 4. The smallest absolute Gasteiger partial charge is 0.251 e. The van der Waals surface area contributed by atoms with Crippen LogP contribution in [-0.2, 0) is 6.42 Å². The van der Waals surface area contributed by atoms with E-state index in [1.54, 1.807) is 18.3 Å². The van der Waals surface area contributed by atoms with Gasteiger partial charge in [0.15, 0.2) is 0 Å². The van der Waals surface area contributed by atoms with Gasteiger partial charge in [-0.1, -0.05) is 12.1 Å². The number of hydrogen-bond acceptors (Lipinski definition) is 3. The summed E-state index contributed by atoms with van der Waals surface area (Å²) in [5.41, 5.74) is 1.57. The number of nitrogens with one attached hydrogen (secondary N) is 1. The van der Waals surface area contributed by atoms with E-state index in [4.69, 9.17) is 0 Å². The molecule has 5 heteroatoms. The summed E-state index contributed by atoms with van der Waals surface area (Å²) in [6, 6.07) is 10.3. The molecule has 2 aromatic rings. The molecule has 2 bridgehead atoms. The monoisotopic (exact) mass is 339 g/mol. The molecule has 3 aliphatic rings. The molecular formula is C20H22FN3O. The maximum absolute atomic E-state index is 13.4. The maximum atomic E-state index is 13.4. The van der Waals surface area contributed by atoms with Gasteiger partial charge in [0.05, 0.1) is 0 Å². The Morgan fingerprint density at radius 3 is 2.80 bits per heavy atom. The van der Waals surface area contributed by atoms with Crippen LogP contribution in [0.4, 0.5) is 4.39 Å². The number of halogens is 1. The van der Waals surface area contributed by atoms with Crippen molar-refractivity contribution in [1.29, 1.82) is 0 Å². The Morgan fingerprint density at radius 1 is 1.24 bits per heavy atom. The molecular weight excluding hydrogens is 317 g/mol. The minimum absolute atomic E-state index is 0.0958. The van der Waals surface area contributed by atoms with Crippen LogP contribution >= 0.6 is 0 Å². The third-order valence-corrected chi connectivity index (χ3v) is 5.52. The predicted octanol–water partition coefficient (Wildman–Crippen LogP) is 2.66. The van der Waals surface area contributed by atoms with E-state index in [-0.39, 0.29) is 23.8 Å². The fourth-order valence-electron chi connectivity index (χ4n) is 4.25. The minimum Gasteiger partial charge on any atom is -0.347 e. The van der Waals surface area contributed by atoms with Crippen molar-refractivity contribution >= 4 is 5.91 Å². The van der Waals surface area contributed by atoms with Crippen LogP contribution in [0.3, 0.4) is 0 Å². The summed E-state index contributed by atoms with van der Waals surface area (Å²) in [6.45, 7) is 2.17. The van der Waals surface area contributed by atoms with Crippen molar-refractivity contribution in [3.8, 4) is 0 Å². The SMILES string of the molecule is O=C(N[C@H]1C2CCN(CC2)[C@@H]1Cc1cccnc1)c1cccc(F)c1. The molecule has 5 rings (SSSR count). The van der Waals surface area contributed by atoms with E-state index in [0.717, 1.165) is 32.4 Å². The highest BCUT2D eigenvalue weighted by molar-refractivity contribution is 5.94. The van der Waals surface area contributed by atoms with Crippen molar-refractivity contribution < 1.29 is 9.18 Å². The second-order valence-electron chi connectivity index (χ2n) is 7.02. The highest BCUT2D eigenvalue weighted by Gasteiger charge is 2.42. The van der Waals surface area contributed by atoms with Crippen molar-refractivity contribution in [1.82, 2.24) is 15.2 Å². The lowest BCUT2D eigenvalue weighted by Gasteiger charge is -2.51. The van der Waals surface area contributed by atoms with Crippen LogP contribution in [0.25, 0.3) is 0 Å². The van der Waals surface area contributed by atoms with Gasteiger partial charge in [-0.05, 0) is 68.1 Å². The van der Waals surface area contributed by atoms with E-state index < -0.39 is 0 Å². The zero-order chi connectivity index (χ0) is 17.2. The lowest BCUT2D eigenvalue weighted by molar-refractivity contribution is 0.0136. The van der Waals surface area contributed by atoms with Gasteiger partial charge in [0.25, 0.3) is 5.91 Å². The number of aromatic nitrogens is 1. The molecule has 0 aliphatic carbocycles. The Bertz CT molecular complexity index is 744. The molecule has 4 heterocycles. The third kappa shape index (κ3) is 3.42. The fourth-order valence-corrected chi connectivity index (χ4v) is 4.25. The average Bonchev–Trinajstić information content (AvgIpc) is 2.65. The van der Waals surface area contributed by atoms with Crippen LogP contribution in [0.15, 0.2) is 48.8 Å². The average molecular weight is 339 g/mol. The number of nitrogens with zero attached hydrogens (tertiary/aromatic N) is 2. The second kappa shape index (κ2) is 6.92. The van der Waals surface area contributed by atoms with Gasteiger partial charge in [-0.15, -0.1) is 0 Å². The number of benzene rings is 1. The first-order valence-corrected chi connectivity index (χ1v) is 8.90. The summed E-state index contributed by atoms with van der Waals surface area (Å²) in [5, 5.41) is 3.20. The largest absolute Gasteiger partial charge is 0.347 e. The van der Waals surface area contributed by atoms with Crippen LogP contribution in [0.1, 0.15) is 28.8 Å². The molecule has 4 nitrogen and oxygen atoms in total. The molecule has 3 fully saturated rings. The first kappa shape index (κ1) is 16.2. The molecule has 0 spiro atoms. The van der Waals surface area contributed by atoms with Gasteiger partial charge >= 0.3 is 0 Å². The number of hydrogen-bond donors (Lipinski definition) is 1. The number of fused-ring (bicyclic) bond motifs is 3. The summed E-state index contributed by atoms with van der Waals surface area (Å²) in [5.74, 6) is -0.0768. The molecule has 130 valence electrons. The van der Waals surface area contributed by atoms with Crippen LogP contribution in [0, 0.1) is 11.7 Å². The molecule has 2 atom stereocenters. The van der Waals surface area contributed by atoms with Crippen LogP contribution < -0.4 is 5.32 Å². The molecule has 1 aromatic carbocycles. The summed E-state index contributed by atoms with van der Waals surface area (Å²) >= 11 is 0. The normalized spacial score (nSPS) is 27.9. The third-order valence-electron chi connectivity index (χ3n) is 5.52. The van der Waals surface area contributed by atoms with Crippen LogP contribution in [0.2, 0.25) is 0 Å². The maximum Gasteiger partial charge on any atom is 0.251 e. The number of piperidine rings is 3. The van der Waals surface area contributed by atoms with Crippen molar-refractivity contribution in [2.24, 2.45) is 5.92 Å². The Balaban J connectivity index is 1.54. The topological polar surface area (TPSA) is 45.2 Å². The van der Waals surface area contributed by atoms with Crippen LogP contribution in [-0.4, -0.2) is 41.0 Å². The van der Waals surface area contributed by atoms with Crippen molar-refractivity contribution in [3.63, 3.8) is 0 Å². The van der Waals surface area contributed by atoms with Gasteiger partial charge < -0.3 is 5.32 Å². The molecule has 0 saturated carbocycles. The van der Waals surface area contributed by atoms with Crippen molar-refractivity contribution in [3.05, 3.63) is 65.7 Å². The number of carbonyl (C=O) groups is 1. The number of amides is 1. The summed E-state index contributed by atoms with van der Waals surface area (Å²) < 4.78 is 13.4. The van der Waals surface area contributed by atoms with Gasteiger partial charge in [0, 0.05) is 30.0 Å². The molecule has 1 amide bonds. The molecule has 25 heavy (non-hydrogen) atoms. The standard InChI is InChI=1S/C20H22FN3O/c21-17-5-1-4-16(12-17)20(25)23-19-15-6-9-24(10-7-15)18(19)11-14-3-2-8-22-13-14/h1-5,8,12-13,15,18-19H,6-7,9-11H2,(H,23,25)/t18-,19+/m1/s1. The van der Waals surface area contributed by atoms with E-state index in [1.165, 1.54) is 17.7 Å². The van der Waals surface area contributed by atoms with Crippen LogP contribution in [0.5, 0.6) is 0 Å². The molecule has 3 saturated heterocycles. The van der Waals surface area contributed by atoms with Gasteiger partial charge in [-0.2, -0.15) is 0 Å². The van der Waals surface area contributed by atoms with Gasteiger partial charge in [-0.25, -0.2) is 4.39 Å². The molecule has 1 N–H and O–H groups in total. The Labute approximate surface area is 147 Å². The number of carbonyl (C=O) groups excluding carboxylic acids is 1. The zero-order valence-electron chi connectivity index (χ0n) is 14.1. The van der Waals surface area contributed by atoms with Crippen molar-refractivity contribution in [2.45, 2.75) is 31.3 Å². The number of pyridine rings is 1. The molecule has 0 radical (unpaired) electrons. The summed E-state index contributed by atoms with van der Waals surface area (Å²) in [7, 11) is 0. The van der Waals surface area contributed by atoms with Gasteiger partial charge in [0.2, 0.25) is 0 Å². The van der Waals surface area contributed by atoms with E-state index >= 15 is 0 Å². The van der Waals surface area contributed by atoms with Crippen molar-refractivity contribution in [2.75, 3.05) is 13.1 Å². The quantitative estimate of drug-likeness (QED) is 0.931. The zero-order valence-corrected chi connectivity index (χ0v) is 14.1. The molecule has 3 aliphatic heterocycles. The Morgan fingerprint density at radius 2 is 2.08 bits per heavy atom. The Hall–Kier alpha value is -2.27. The van der Waals surface area contributed by atoms with E-state index in [1.807, 2.05) is 12.3 Å². The fraction of sp³-hybridized carbons (Fsp3) is 0.400. The summed E-state index contributed by atoms with van der Waals surface area (Å²) in [6.07, 6.45) is 6.77. The van der Waals surface area contributed by atoms with E-state index in [0.29, 0.717) is 11.5 Å². The van der Waals surface area contributed by atoms with E-state index in [2.05, 4.69) is 21.3 Å². The summed E-state index contributed by atoms with van der Waals surface area (Å²) in [4.78, 5) is 19.3. The predicted molar refractivity (Wildman–Crippen MR) is 93.7 cm³/mol. The first-order valence-electron chi connectivity index (χ1n) is 8.90. The first-order chi connectivity index (χ1) is 12.2. The lowest BCUT2D eigenvalue weighted by Crippen LogP contribution is -2.64.